The molecule has 0 saturated carbocycles. The largest absolute Gasteiger partial charge is 0.493 e. The van der Waals surface area contributed by atoms with Crippen molar-refractivity contribution >= 4 is 11.6 Å². The molecule has 1 heterocycles. The minimum atomic E-state index is 0.680. The third-order valence-corrected chi connectivity index (χ3v) is 4.25. The van der Waals surface area contributed by atoms with E-state index in [1.54, 1.807) is 21.3 Å². The van der Waals surface area contributed by atoms with Gasteiger partial charge >= 0.3 is 0 Å². The van der Waals surface area contributed by atoms with E-state index >= 15 is 0 Å². The number of ether oxygens (including phenoxy) is 2. The number of likely N-dealkylation sites (tertiary alicyclic amines) is 1. The van der Waals surface area contributed by atoms with Crippen LogP contribution in [0.3, 0.4) is 0 Å². The maximum atomic E-state index is 5.33. The first-order chi connectivity index (χ1) is 11.2. The second kappa shape index (κ2) is 8.62. The van der Waals surface area contributed by atoms with E-state index in [2.05, 4.69) is 27.4 Å². The second-order valence-electron chi connectivity index (χ2n) is 5.70. The topological polar surface area (TPSA) is 58.1 Å². The highest BCUT2D eigenvalue weighted by atomic mass is 16.5. The van der Waals surface area contributed by atoms with Gasteiger partial charge in [0.15, 0.2) is 17.5 Å². The minimum absolute atomic E-state index is 0.680. The van der Waals surface area contributed by atoms with Crippen LogP contribution < -0.4 is 20.1 Å². The second-order valence-corrected chi connectivity index (χ2v) is 5.70. The highest BCUT2D eigenvalue weighted by Crippen LogP contribution is 2.29. The molecule has 1 aliphatic heterocycles. The summed E-state index contributed by atoms with van der Waals surface area (Å²) >= 11 is 0. The lowest BCUT2D eigenvalue weighted by molar-refractivity contribution is 0.342. The normalized spacial score (nSPS) is 18.8. The fourth-order valence-corrected chi connectivity index (χ4v) is 2.84. The monoisotopic (exact) mass is 320 g/mol. The zero-order chi connectivity index (χ0) is 16.7. The fourth-order valence-electron chi connectivity index (χ4n) is 2.84. The third-order valence-electron chi connectivity index (χ3n) is 4.25. The predicted molar refractivity (Wildman–Crippen MR) is 94.8 cm³/mol. The van der Waals surface area contributed by atoms with Crippen LogP contribution in [0.15, 0.2) is 23.2 Å². The average Bonchev–Trinajstić information content (AvgIpc) is 3.06. The number of hydrogen-bond donors (Lipinski definition) is 2. The first-order valence-corrected chi connectivity index (χ1v) is 8.12. The lowest BCUT2D eigenvalue weighted by Crippen LogP contribution is -2.35. The molecule has 0 spiro atoms. The molecule has 6 heteroatoms. The lowest BCUT2D eigenvalue weighted by Gasteiger charge is -2.17. The smallest absolute Gasteiger partial charge is 0.195 e. The summed E-state index contributed by atoms with van der Waals surface area (Å²) in [6.45, 7) is 6.65. The third kappa shape index (κ3) is 4.76. The van der Waals surface area contributed by atoms with Crippen molar-refractivity contribution in [3.8, 4) is 11.5 Å². The number of guanidine groups is 1. The quantitative estimate of drug-likeness (QED) is 0.620. The van der Waals surface area contributed by atoms with Crippen LogP contribution >= 0.6 is 0 Å². The molecule has 0 amide bonds. The molecule has 1 saturated heterocycles. The van der Waals surface area contributed by atoms with Crippen molar-refractivity contribution in [2.45, 2.75) is 13.3 Å². The van der Waals surface area contributed by atoms with Crippen LogP contribution in [-0.4, -0.2) is 58.3 Å². The summed E-state index contributed by atoms with van der Waals surface area (Å²) in [6.07, 6.45) is 1.24. The Balaban J connectivity index is 1.90. The molecule has 1 atom stereocenters. The molecule has 128 valence electrons. The van der Waals surface area contributed by atoms with Gasteiger partial charge in [0.05, 0.1) is 14.2 Å². The van der Waals surface area contributed by atoms with Gasteiger partial charge < -0.3 is 25.0 Å². The predicted octanol–water partition coefficient (Wildman–Crippen LogP) is 2.03. The van der Waals surface area contributed by atoms with Crippen molar-refractivity contribution in [3.63, 3.8) is 0 Å². The molecule has 1 fully saturated rings. The number of benzene rings is 1. The summed E-state index contributed by atoms with van der Waals surface area (Å²) in [5.74, 6) is 2.86. The molecule has 6 nitrogen and oxygen atoms in total. The highest BCUT2D eigenvalue weighted by Gasteiger charge is 2.21. The van der Waals surface area contributed by atoms with E-state index in [1.165, 1.54) is 13.0 Å². The Labute approximate surface area is 138 Å². The van der Waals surface area contributed by atoms with E-state index in [4.69, 9.17) is 9.47 Å². The lowest BCUT2D eigenvalue weighted by atomic mass is 10.1. The summed E-state index contributed by atoms with van der Waals surface area (Å²) in [4.78, 5) is 6.77. The number of anilines is 1. The minimum Gasteiger partial charge on any atom is -0.493 e. The molecule has 1 unspecified atom stereocenters. The fraction of sp³-hybridized carbons (Fsp3) is 0.588. The van der Waals surface area contributed by atoms with E-state index in [0.29, 0.717) is 17.4 Å². The van der Waals surface area contributed by atoms with Crippen LogP contribution in [0.2, 0.25) is 0 Å². The molecule has 1 aliphatic rings. The van der Waals surface area contributed by atoms with Crippen LogP contribution in [0.25, 0.3) is 0 Å². The van der Waals surface area contributed by atoms with Gasteiger partial charge in [-0.15, -0.1) is 0 Å². The van der Waals surface area contributed by atoms with Crippen LogP contribution in [-0.2, 0) is 0 Å². The Kier molecular flexibility index (Phi) is 6.52. The molecular formula is C17H28N4O2. The van der Waals surface area contributed by atoms with Gasteiger partial charge in [-0.3, -0.25) is 4.99 Å². The van der Waals surface area contributed by atoms with Crippen LogP contribution in [0, 0.1) is 5.92 Å². The zero-order valence-corrected chi connectivity index (χ0v) is 14.6. The molecule has 2 rings (SSSR count). The standard InChI is InChI=1S/C17H28N4O2/c1-5-21-9-8-13(12-21)11-19-17(18-2)20-14-6-7-15(22-3)16(10-14)23-4/h6-7,10,13H,5,8-9,11-12H2,1-4H3,(H2,18,19,20). The summed E-state index contributed by atoms with van der Waals surface area (Å²) in [7, 11) is 5.05. The van der Waals surface area contributed by atoms with Crippen molar-refractivity contribution < 1.29 is 9.47 Å². The summed E-state index contributed by atoms with van der Waals surface area (Å²) in [6, 6.07) is 5.73. The number of hydrogen-bond acceptors (Lipinski definition) is 4. The molecule has 2 N–H and O–H groups in total. The zero-order valence-electron chi connectivity index (χ0n) is 14.6. The van der Waals surface area contributed by atoms with Gasteiger partial charge in [0.1, 0.15) is 0 Å². The van der Waals surface area contributed by atoms with Crippen molar-refractivity contribution in [2.75, 3.05) is 52.8 Å². The highest BCUT2D eigenvalue weighted by molar-refractivity contribution is 5.93. The van der Waals surface area contributed by atoms with Crippen molar-refractivity contribution in [2.24, 2.45) is 10.9 Å². The molecule has 0 aliphatic carbocycles. The van der Waals surface area contributed by atoms with E-state index < -0.39 is 0 Å². The Morgan fingerprint density at radius 1 is 1.30 bits per heavy atom. The molecule has 1 aromatic carbocycles. The summed E-state index contributed by atoms with van der Waals surface area (Å²) in [5, 5.41) is 6.70. The van der Waals surface area contributed by atoms with E-state index in [0.717, 1.165) is 31.3 Å². The average molecular weight is 320 g/mol. The van der Waals surface area contributed by atoms with Gasteiger partial charge in [-0.2, -0.15) is 0 Å². The van der Waals surface area contributed by atoms with Crippen LogP contribution in [0.1, 0.15) is 13.3 Å². The molecule has 0 bridgehead atoms. The Morgan fingerprint density at radius 2 is 2.09 bits per heavy atom. The molecule has 0 aromatic heterocycles. The number of nitrogens with one attached hydrogen (secondary N) is 2. The molecule has 23 heavy (non-hydrogen) atoms. The SMILES string of the molecule is CCN1CCC(CNC(=NC)Nc2ccc(OC)c(OC)c2)C1. The van der Waals surface area contributed by atoms with Crippen molar-refractivity contribution in [1.29, 1.82) is 0 Å². The van der Waals surface area contributed by atoms with E-state index in [1.807, 2.05) is 18.2 Å². The van der Waals surface area contributed by atoms with Gasteiger partial charge in [-0.05, 0) is 37.6 Å². The molecule has 0 radical (unpaired) electrons. The van der Waals surface area contributed by atoms with E-state index in [-0.39, 0.29) is 0 Å². The van der Waals surface area contributed by atoms with Gasteiger partial charge in [-0.25, -0.2) is 0 Å². The van der Waals surface area contributed by atoms with Crippen LogP contribution in [0.5, 0.6) is 11.5 Å². The summed E-state index contributed by atoms with van der Waals surface area (Å²) in [5.41, 5.74) is 0.914. The Morgan fingerprint density at radius 3 is 2.70 bits per heavy atom. The van der Waals surface area contributed by atoms with Gasteiger partial charge in [0, 0.05) is 31.9 Å². The van der Waals surface area contributed by atoms with Crippen molar-refractivity contribution in [1.82, 2.24) is 10.2 Å². The van der Waals surface area contributed by atoms with Crippen molar-refractivity contribution in [3.05, 3.63) is 18.2 Å². The number of nitrogens with zero attached hydrogens (tertiary/aromatic N) is 2. The summed E-state index contributed by atoms with van der Waals surface area (Å²) < 4.78 is 10.6. The van der Waals surface area contributed by atoms with Gasteiger partial charge in [0.2, 0.25) is 0 Å². The molecule has 1 aromatic rings. The van der Waals surface area contributed by atoms with Gasteiger partial charge in [-0.1, -0.05) is 6.92 Å². The number of aliphatic imine (C=N–C) groups is 1. The molecular weight excluding hydrogens is 292 g/mol. The Hall–Kier alpha value is -1.95. The first-order valence-electron chi connectivity index (χ1n) is 8.12. The Bertz CT molecular complexity index is 533. The number of methoxy groups -OCH3 is 2. The number of rotatable bonds is 6. The first kappa shape index (κ1) is 17.4. The van der Waals surface area contributed by atoms with Crippen LogP contribution in [0.4, 0.5) is 5.69 Å². The maximum Gasteiger partial charge on any atom is 0.195 e. The maximum absolute atomic E-state index is 5.33. The van der Waals surface area contributed by atoms with Gasteiger partial charge in [0.25, 0.3) is 0 Å². The van der Waals surface area contributed by atoms with E-state index in [9.17, 15) is 0 Å².